The van der Waals surface area contributed by atoms with Crippen molar-refractivity contribution >= 4 is 5.91 Å². The Balaban J connectivity index is 1.95. The van der Waals surface area contributed by atoms with Crippen LogP contribution in [-0.2, 0) is 23.7 Å². The van der Waals surface area contributed by atoms with E-state index in [9.17, 15) is 45.6 Å². The summed E-state index contributed by atoms with van der Waals surface area (Å²) in [6.45, 7) is 2.51. The Hall–Kier alpha value is -2.57. The summed E-state index contributed by atoms with van der Waals surface area (Å²) in [5.74, 6) is -0.299. The van der Waals surface area contributed by atoms with Crippen LogP contribution in [0, 0.1) is 0 Å². The van der Waals surface area contributed by atoms with Crippen molar-refractivity contribution in [2.75, 3.05) is 19.8 Å². The minimum atomic E-state index is -1.80. The summed E-state index contributed by atoms with van der Waals surface area (Å²) in [5, 5.41) is 86.1. The number of aliphatic hydroxyl groups excluding tert-OH is 8. The third kappa shape index (κ3) is 19.7. The second-order valence-electron chi connectivity index (χ2n) is 14.7. The number of ether oxygens (including phenoxy) is 4. The number of unbranched alkanes of at least 4 members (excludes halogenated alkanes) is 6. The van der Waals surface area contributed by atoms with E-state index in [1.165, 1.54) is 6.42 Å². The largest absolute Gasteiger partial charge is 0.394 e. The highest BCUT2D eigenvalue weighted by Gasteiger charge is 2.50. The Bertz CT molecular complexity index is 1250. The molecule has 2 aliphatic rings. The number of hydrogen-bond donors (Lipinski definition) is 9. The van der Waals surface area contributed by atoms with E-state index in [4.69, 9.17) is 18.9 Å². The van der Waals surface area contributed by atoms with Gasteiger partial charge in [0.1, 0.15) is 48.8 Å². The van der Waals surface area contributed by atoms with E-state index in [1.807, 2.05) is 6.08 Å². The number of rotatable bonds is 29. The highest BCUT2D eigenvalue weighted by atomic mass is 16.7. The average Bonchev–Trinajstić information content (AvgIpc) is 3.22. The van der Waals surface area contributed by atoms with E-state index in [1.54, 1.807) is 6.08 Å². The van der Waals surface area contributed by atoms with E-state index < -0.39 is 86.8 Å². The average molecular weight is 824 g/mol. The molecular formula is C44H73NO13. The van der Waals surface area contributed by atoms with Crippen LogP contribution in [-0.4, -0.2) is 140 Å². The molecule has 0 saturated carbocycles. The number of nitrogens with one attached hydrogen (secondary N) is 1. The van der Waals surface area contributed by atoms with E-state index in [2.05, 4.69) is 79.9 Å². The maximum Gasteiger partial charge on any atom is 0.220 e. The van der Waals surface area contributed by atoms with Gasteiger partial charge in [-0.05, 0) is 70.6 Å². The summed E-state index contributed by atoms with van der Waals surface area (Å²) in [4.78, 5) is 13.0. The number of carbonyl (C=O) groups excluding carboxylic acids is 1. The molecule has 0 aromatic heterocycles. The van der Waals surface area contributed by atoms with Crippen LogP contribution in [0.25, 0.3) is 0 Å². The number of aliphatic hydroxyl groups is 8. The monoisotopic (exact) mass is 824 g/mol. The molecule has 0 aliphatic carbocycles. The lowest BCUT2D eigenvalue weighted by Gasteiger charge is -2.46. The van der Waals surface area contributed by atoms with Gasteiger partial charge in [-0.3, -0.25) is 4.79 Å². The topological polar surface area (TPSA) is 228 Å². The Morgan fingerprint density at radius 1 is 0.638 bits per heavy atom. The molecule has 2 fully saturated rings. The lowest BCUT2D eigenvalue weighted by atomic mass is 9.97. The summed E-state index contributed by atoms with van der Waals surface area (Å²) in [6.07, 6.45) is 19.8. The van der Waals surface area contributed by atoms with Crippen LogP contribution in [0.4, 0.5) is 0 Å². The quantitative estimate of drug-likeness (QED) is 0.0390. The van der Waals surface area contributed by atoms with Crippen molar-refractivity contribution in [1.29, 1.82) is 0 Å². The van der Waals surface area contributed by atoms with Crippen LogP contribution in [0.5, 0.6) is 0 Å². The van der Waals surface area contributed by atoms with Crippen LogP contribution in [0.2, 0.25) is 0 Å². The van der Waals surface area contributed by atoms with Gasteiger partial charge in [0.25, 0.3) is 0 Å². The van der Waals surface area contributed by atoms with Crippen molar-refractivity contribution in [3.05, 3.63) is 72.9 Å². The van der Waals surface area contributed by atoms with Gasteiger partial charge < -0.3 is 65.1 Å². The van der Waals surface area contributed by atoms with Crippen molar-refractivity contribution in [1.82, 2.24) is 5.32 Å². The SMILES string of the molecule is CC/C=C\C/C=C\C/C=C\C/C=C\CCCCC(=O)NC(COC1OC(CO)C(OC2OC(CO)C(O)C(O)C2O)C(O)C1O)C(O)/C=C/CC/C=C/CCCCC. The first-order chi connectivity index (χ1) is 28.1. The van der Waals surface area contributed by atoms with Crippen LogP contribution in [0.3, 0.4) is 0 Å². The van der Waals surface area contributed by atoms with Gasteiger partial charge in [0.2, 0.25) is 5.91 Å². The Morgan fingerprint density at radius 3 is 1.83 bits per heavy atom. The van der Waals surface area contributed by atoms with Gasteiger partial charge in [0, 0.05) is 6.42 Å². The first kappa shape index (κ1) is 51.6. The second kappa shape index (κ2) is 31.3. The Kier molecular flexibility index (Phi) is 27.9. The fraction of sp³-hybridized carbons (Fsp3) is 0.705. The number of hydrogen-bond acceptors (Lipinski definition) is 13. The van der Waals surface area contributed by atoms with Gasteiger partial charge >= 0.3 is 0 Å². The predicted octanol–water partition coefficient (Wildman–Crippen LogP) is 3.31. The molecule has 2 aliphatic heterocycles. The highest BCUT2D eigenvalue weighted by molar-refractivity contribution is 5.76. The molecule has 0 spiro atoms. The zero-order chi connectivity index (χ0) is 42.5. The summed E-state index contributed by atoms with van der Waals surface area (Å²) in [5.41, 5.74) is 0. The molecule has 9 N–H and O–H groups in total. The third-order valence-electron chi connectivity index (χ3n) is 9.88. The van der Waals surface area contributed by atoms with Crippen LogP contribution < -0.4 is 5.32 Å². The zero-order valence-corrected chi connectivity index (χ0v) is 34.5. The van der Waals surface area contributed by atoms with Crippen LogP contribution in [0.15, 0.2) is 72.9 Å². The van der Waals surface area contributed by atoms with Crippen molar-refractivity contribution in [2.24, 2.45) is 0 Å². The molecular weight excluding hydrogens is 750 g/mol. The van der Waals surface area contributed by atoms with E-state index in [0.29, 0.717) is 12.8 Å². The molecule has 1 amide bonds. The second-order valence-corrected chi connectivity index (χ2v) is 14.7. The van der Waals surface area contributed by atoms with E-state index in [-0.39, 0.29) is 18.9 Å². The summed E-state index contributed by atoms with van der Waals surface area (Å²) in [7, 11) is 0. The maximum absolute atomic E-state index is 13.0. The first-order valence-electron chi connectivity index (χ1n) is 21.2. The van der Waals surface area contributed by atoms with Gasteiger partial charge in [-0.25, -0.2) is 0 Å². The van der Waals surface area contributed by atoms with Crippen molar-refractivity contribution < 1.29 is 64.6 Å². The molecule has 2 rings (SSSR count). The lowest BCUT2D eigenvalue weighted by molar-refractivity contribution is -0.359. The Morgan fingerprint density at radius 2 is 1.19 bits per heavy atom. The zero-order valence-electron chi connectivity index (χ0n) is 34.5. The maximum atomic E-state index is 13.0. The predicted molar refractivity (Wildman–Crippen MR) is 221 cm³/mol. The smallest absolute Gasteiger partial charge is 0.220 e. The molecule has 14 nitrogen and oxygen atoms in total. The third-order valence-corrected chi connectivity index (χ3v) is 9.88. The first-order valence-corrected chi connectivity index (χ1v) is 21.2. The molecule has 12 unspecified atom stereocenters. The normalized spacial score (nSPS) is 29.6. The molecule has 2 heterocycles. The number of carbonyl (C=O) groups is 1. The van der Waals surface area contributed by atoms with Gasteiger partial charge in [-0.15, -0.1) is 0 Å². The summed E-state index contributed by atoms with van der Waals surface area (Å²) < 4.78 is 22.5. The fourth-order valence-corrected chi connectivity index (χ4v) is 6.35. The molecule has 12 atom stereocenters. The molecule has 332 valence electrons. The summed E-state index contributed by atoms with van der Waals surface area (Å²) in [6, 6.07) is -0.953. The Labute approximate surface area is 345 Å². The van der Waals surface area contributed by atoms with E-state index >= 15 is 0 Å². The van der Waals surface area contributed by atoms with Crippen molar-refractivity contribution in [3.63, 3.8) is 0 Å². The minimum absolute atomic E-state index is 0.216. The molecule has 2 saturated heterocycles. The highest BCUT2D eigenvalue weighted by Crippen LogP contribution is 2.29. The van der Waals surface area contributed by atoms with Crippen molar-refractivity contribution in [3.8, 4) is 0 Å². The fourth-order valence-electron chi connectivity index (χ4n) is 6.35. The van der Waals surface area contributed by atoms with Gasteiger partial charge in [0.15, 0.2) is 12.6 Å². The van der Waals surface area contributed by atoms with Crippen LogP contribution in [0.1, 0.15) is 104 Å². The van der Waals surface area contributed by atoms with Gasteiger partial charge in [-0.2, -0.15) is 0 Å². The number of amides is 1. The van der Waals surface area contributed by atoms with Gasteiger partial charge in [-0.1, -0.05) is 99.6 Å². The lowest BCUT2D eigenvalue weighted by Crippen LogP contribution is -2.65. The molecule has 0 radical (unpaired) electrons. The van der Waals surface area contributed by atoms with Gasteiger partial charge in [0.05, 0.1) is 32.0 Å². The molecule has 58 heavy (non-hydrogen) atoms. The molecule has 0 aromatic carbocycles. The number of allylic oxidation sites excluding steroid dienone is 11. The van der Waals surface area contributed by atoms with Crippen molar-refractivity contribution in [2.45, 2.75) is 177 Å². The minimum Gasteiger partial charge on any atom is -0.394 e. The standard InChI is InChI=1S/C44H73NO13/c1-3-5-7-9-11-13-14-15-16-17-18-20-22-24-26-28-36(49)45-32(33(48)27-25-23-21-19-12-10-8-6-4-2)31-55-43-41(54)39(52)42(35(30-47)57-43)58-44-40(53)38(51)37(50)34(29-46)56-44/h5,7,11-13,15-16,18-20,25,27,32-35,37-44,46-48,50-54H,3-4,6,8-10,14,17,21-24,26,28-31H2,1-2H3,(H,45,49)/b7-5-,13-11-,16-15-,19-12+,20-18-,27-25+. The van der Waals surface area contributed by atoms with E-state index in [0.717, 1.165) is 64.2 Å². The van der Waals surface area contributed by atoms with Crippen LogP contribution >= 0.6 is 0 Å². The summed E-state index contributed by atoms with van der Waals surface area (Å²) >= 11 is 0. The molecule has 0 bridgehead atoms. The molecule has 0 aromatic rings. The molecule has 14 heteroatoms.